The molecule has 1 aliphatic heterocycles. The van der Waals surface area contributed by atoms with Gasteiger partial charge in [-0.1, -0.05) is 60.7 Å². The molecule has 0 unspecified atom stereocenters. The minimum atomic E-state index is -1.10. The summed E-state index contributed by atoms with van der Waals surface area (Å²) in [4.78, 5) is 6.65. The van der Waals surface area contributed by atoms with E-state index in [-0.39, 0.29) is 0 Å². The highest BCUT2D eigenvalue weighted by Crippen LogP contribution is 2.34. The van der Waals surface area contributed by atoms with Crippen LogP contribution in [0.15, 0.2) is 65.7 Å². The van der Waals surface area contributed by atoms with Crippen molar-refractivity contribution in [1.82, 2.24) is 4.90 Å². The molecule has 0 saturated heterocycles. The summed E-state index contributed by atoms with van der Waals surface area (Å²) >= 11 is 0. The SMILES string of the molecule is COCN1CCN=C1CC(O)(c1ccccc1)c1ccccc1. The highest BCUT2D eigenvalue weighted by Gasteiger charge is 2.35. The van der Waals surface area contributed by atoms with Crippen LogP contribution in [0.3, 0.4) is 0 Å². The lowest BCUT2D eigenvalue weighted by molar-refractivity contribution is 0.0775. The van der Waals surface area contributed by atoms with Gasteiger partial charge in [0.25, 0.3) is 0 Å². The predicted molar refractivity (Wildman–Crippen MR) is 91.4 cm³/mol. The van der Waals surface area contributed by atoms with E-state index in [4.69, 9.17) is 4.74 Å². The molecule has 120 valence electrons. The number of hydrogen-bond acceptors (Lipinski definition) is 4. The molecule has 2 aromatic rings. The van der Waals surface area contributed by atoms with Gasteiger partial charge in [-0.25, -0.2) is 0 Å². The van der Waals surface area contributed by atoms with E-state index in [2.05, 4.69) is 9.89 Å². The van der Waals surface area contributed by atoms with Crippen LogP contribution in [-0.4, -0.2) is 42.8 Å². The summed E-state index contributed by atoms with van der Waals surface area (Å²) < 4.78 is 5.25. The molecule has 23 heavy (non-hydrogen) atoms. The molecule has 4 heteroatoms. The topological polar surface area (TPSA) is 45.1 Å². The van der Waals surface area contributed by atoms with E-state index in [1.165, 1.54) is 0 Å². The van der Waals surface area contributed by atoms with Gasteiger partial charge in [-0.2, -0.15) is 0 Å². The smallest absolute Gasteiger partial charge is 0.122 e. The van der Waals surface area contributed by atoms with Crippen molar-refractivity contribution in [1.29, 1.82) is 0 Å². The Balaban J connectivity index is 1.97. The van der Waals surface area contributed by atoms with E-state index in [0.29, 0.717) is 13.2 Å². The molecule has 0 atom stereocenters. The molecule has 1 N–H and O–H groups in total. The maximum Gasteiger partial charge on any atom is 0.122 e. The van der Waals surface area contributed by atoms with Crippen LogP contribution in [0.4, 0.5) is 0 Å². The standard InChI is InChI=1S/C19H22N2O2/c1-23-15-21-13-12-20-18(21)14-19(22,16-8-4-2-5-9-16)17-10-6-3-7-11-17/h2-11,22H,12-15H2,1H3. The van der Waals surface area contributed by atoms with Crippen molar-refractivity contribution in [3.63, 3.8) is 0 Å². The molecule has 1 aliphatic rings. The summed E-state index contributed by atoms with van der Waals surface area (Å²) in [6.07, 6.45) is 0.435. The predicted octanol–water partition coefficient (Wildman–Crippen LogP) is 2.63. The lowest BCUT2D eigenvalue weighted by atomic mass is 9.83. The summed E-state index contributed by atoms with van der Waals surface area (Å²) in [6, 6.07) is 19.6. The number of nitrogens with zero attached hydrogens (tertiary/aromatic N) is 2. The van der Waals surface area contributed by atoms with Crippen LogP contribution in [-0.2, 0) is 10.3 Å². The molecule has 0 spiro atoms. The Morgan fingerprint density at radius 1 is 1.04 bits per heavy atom. The van der Waals surface area contributed by atoms with E-state index in [1.54, 1.807) is 7.11 Å². The second-order valence-corrected chi connectivity index (χ2v) is 5.75. The maximum absolute atomic E-state index is 11.6. The van der Waals surface area contributed by atoms with Gasteiger partial charge in [0.05, 0.1) is 6.54 Å². The van der Waals surface area contributed by atoms with Gasteiger partial charge in [0.1, 0.15) is 18.2 Å². The summed E-state index contributed by atoms with van der Waals surface area (Å²) in [5.74, 6) is 0.891. The van der Waals surface area contributed by atoms with Crippen LogP contribution in [0, 0.1) is 0 Å². The molecular weight excluding hydrogens is 288 g/mol. The Kier molecular flexibility index (Phi) is 4.74. The van der Waals surface area contributed by atoms with Crippen LogP contribution < -0.4 is 0 Å². The molecule has 0 saturated carbocycles. The molecule has 2 aromatic carbocycles. The van der Waals surface area contributed by atoms with E-state index in [9.17, 15) is 5.11 Å². The van der Waals surface area contributed by atoms with E-state index in [0.717, 1.165) is 30.1 Å². The van der Waals surface area contributed by atoms with Crippen molar-refractivity contribution in [3.8, 4) is 0 Å². The zero-order chi connectivity index (χ0) is 16.1. The first kappa shape index (κ1) is 15.7. The third kappa shape index (κ3) is 3.28. The molecule has 3 rings (SSSR count). The summed E-state index contributed by atoms with van der Waals surface area (Å²) in [7, 11) is 1.68. The van der Waals surface area contributed by atoms with Crippen LogP contribution in [0.1, 0.15) is 17.5 Å². The van der Waals surface area contributed by atoms with Crippen LogP contribution in [0.25, 0.3) is 0 Å². The monoisotopic (exact) mass is 310 g/mol. The molecule has 1 heterocycles. The van der Waals surface area contributed by atoms with E-state index >= 15 is 0 Å². The summed E-state index contributed by atoms with van der Waals surface area (Å²) in [5, 5.41) is 11.6. The van der Waals surface area contributed by atoms with Crippen molar-refractivity contribution < 1.29 is 9.84 Å². The molecular formula is C19H22N2O2. The Hall–Kier alpha value is -2.17. The molecule has 0 fully saturated rings. The third-order valence-electron chi connectivity index (χ3n) is 4.23. The van der Waals surface area contributed by atoms with Gasteiger partial charge in [-0.15, -0.1) is 0 Å². The number of aliphatic imine (C=N–C) groups is 1. The Bertz CT molecular complexity index is 616. The minimum absolute atomic E-state index is 0.435. The Morgan fingerprint density at radius 2 is 1.61 bits per heavy atom. The number of rotatable bonds is 6. The molecule has 0 aromatic heterocycles. The highest BCUT2D eigenvalue weighted by molar-refractivity contribution is 5.85. The van der Waals surface area contributed by atoms with Crippen molar-refractivity contribution in [2.45, 2.75) is 12.0 Å². The van der Waals surface area contributed by atoms with Gasteiger partial charge >= 0.3 is 0 Å². The molecule has 4 nitrogen and oxygen atoms in total. The molecule has 0 bridgehead atoms. The average molecular weight is 310 g/mol. The number of aliphatic hydroxyl groups is 1. The van der Waals surface area contributed by atoms with Gasteiger partial charge in [-0.3, -0.25) is 4.99 Å². The molecule has 0 aliphatic carbocycles. The van der Waals surface area contributed by atoms with E-state index in [1.807, 2.05) is 60.7 Å². The number of amidine groups is 1. The number of benzene rings is 2. The zero-order valence-electron chi connectivity index (χ0n) is 13.4. The Labute approximate surface area is 137 Å². The van der Waals surface area contributed by atoms with Crippen LogP contribution >= 0.6 is 0 Å². The molecule has 0 radical (unpaired) electrons. The highest BCUT2D eigenvalue weighted by atomic mass is 16.5. The Morgan fingerprint density at radius 3 is 2.13 bits per heavy atom. The van der Waals surface area contributed by atoms with Crippen molar-refractivity contribution in [2.24, 2.45) is 4.99 Å². The van der Waals surface area contributed by atoms with Gasteiger partial charge in [0.15, 0.2) is 0 Å². The average Bonchev–Trinajstić information content (AvgIpc) is 3.03. The molecule has 0 amide bonds. The lowest BCUT2D eigenvalue weighted by Gasteiger charge is -2.32. The number of methoxy groups -OCH3 is 1. The fraction of sp³-hybridized carbons (Fsp3) is 0.316. The summed E-state index contributed by atoms with van der Waals surface area (Å²) in [5.41, 5.74) is 0.647. The first-order chi connectivity index (χ1) is 11.2. The maximum atomic E-state index is 11.6. The van der Waals surface area contributed by atoms with Gasteiger partial charge in [-0.05, 0) is 11.1 Å². The second kappa shape index (κ2) is 6.94. The largest absolute Gasteiger partial charge is 0.380 e. The number of ether oxygens (including phenoxy) is 1. The van der Waals surface area contributed by atoms with Gasteiger partial charge < -0.3 is 14.7 Å². The van der Waals surface area contributed by atoms with E-state index < -0.39 is 5.60 Å². The fourth-order valence-corrected chi connectivity index (χ4v) is 3.02. The second-order valence-electron chi connectivity index (χ2n) is 5.75. The fourth-order valence-electron chi connectivity index (χ4n) is 3.02. The van der Waals surface area contributed by atoms with Crippen LogP contribution in [0.2, 0.25) is 0 Å². The van der Waals surface area contributed by atoms with Crippen molar-refractivity contribution in [2.75, 3.05) is 26.9 Å². The number of hydrogen-bond donors (Lipinski definition) is 1. The lowest BCUT2D eigenvalue weighted by Crippen LogP contribution is -2.37. The minimum Gasteiger partial charge on any atom is -0.380 e. The first-order valence-corrected chi connectivity index (χ1v) is 7.84. The third-order valence-corrected chi connectivity index (χ3v) is 4.23. The normalized spacial score (nSPS) is 14.9. The van der Waals surface area contributed by atoms with Gasteiger partial charge in [0, 0.05) is 20.1 Å². The van der Waals surface area contributed by atoms with Gasteiger partial charge in [0.2, 0.25) is 0 Å². The first-order valence-electron chi connectivity index (χ1n) is 7.84. The zero-order valence-corrected chi connectivity index (χ0v) is 13.4. The van der Waals surface area contributed by atoms with Crippen LogP contribution in [0.5, 0.6) is 0 Å². The summed E-state index contributed by atoms with van der Waals surface area (Å²) in [6.45, 7) is 2.08. The van der Waals surface area contributed by atoms with Crippen molar-refractivity contribution in [3.05, 3.63) is 71.8 Å². The van der Waals surface area contributed by atoms with Crippen molar-refractivity contribution >= 4 is 5.84 Å². The quantitative estimate of drug-likeness (QED) is 0.892.